The zero-order valence-electron chi connectivity index (χ0n) is 15.9. The molecule has 6 nitrogen and oxygen atoms in total. The van der Waals surface area contributed by atoms with Gasteiger partial charge in [0.05, 0.1) is 11.6 Å². The molecule has 2 atom stereocenters. The third kappa shape index (κ3) is 2.88. The van der Waals surface area contributed by atoms with Crippen molar-refractivity contribution in [3.63, 3.8) is 0 Å². The van der Waals surface area contributed by atoms with E-state index in [0.717, 1.165) is 5.39 Å². The molecule has 1 aliphatic rings. The van der Waals surface area contributed by atoms with Gasteiger partial charge in [0, 0.05) is 17.5 Å². The van der Waals surface area contributed by atoms with E-state index in [4.69, 9.17) is 4.74 Å². The summed E-state index contributed by atoms with van der Waals surface area (Å²) in [4.78, 5) is 7.42. The maximum atomic E-state index is 14.3. The highest BCUT2D eigenvalue weighted by molar-refractivity contribution is 8.77. The summed E-state index contributed by atoms with van der Waals surface area (Å²) < 4.78 is 22.0. The summed E-state index contributed by atoms with van der Waals surface area (Å²) in [6.45, 7) is 1.77. The number of para-hydroxylation sites is 2. The summed E-state index contributed by atoms with van der Waals surface area (Å²) in [5.74, 6) is 0.565. The van der Waals surface area contributed by atoms with Crippen LogP contribution in [-0.2, 0) is 4.87 Å². The van der Waals surface area contributed by atoms with Crippen LogP contribution in [0.4, 0.5) is 4.39 Å². The molecule has 1 aliphatic heterocycles. The minimum absolute atomic E-state index is 0.114. The third-order valence-corrected chi connectivity index (χ3v) is 8.39. The van der Waals surface area contributed by atoms with Gasteiger partial charge in [0.2, 0.25) is 0 Å². The Labute approximate surface area is 179 Å². The van der Waals surface area contributed by atoms with E-state index in [1.165, 1.54) is 23.2 Å². The second kappa shape index (κ2) is 7.26. The van der Waals surface area contributed by atoms with Crippen molar-refractivity contribution in [1.29, 1.82) is 0 Å². The summed E-state index contributed by atoms with van der Waals surface area (Å²) >= 11 is 0. The highest BCUT2D eigenvalue weighted by Crippen LogP contribution is 2.61. The van der Waals surface area contributed by atoms with E-state index < -0.39 is 16.3 Å². The van der Waals surface area contributed by atoms with Gasteiger partial charge >= 0.3 is 0 Å². The molecule has 1 N–H and O–H groups in total. The van der Waals surface area contributed by atoms with E-state index >= 15 is 0 Å². The third-order valence-electron chi connectivity index (χ3n) is 5.09. The fourth-order valence-electron chi connectivity index (χ4n) is 3.62. The average Bonchev–Trinajstić information content (AvgIpc) is 3.31. The van der Waals surface area contributed by atoms with Gasteiger partial charge in [-0.25, -0.2) is 19.0 Å². The highest BCUT2D eigenvalue weighted by Gasteiger charge is 2.58. The molecular weight excluding hydrogens is 423 g/mol. The van der Waals surface area contributed by atoms with Crippen LogP contribution in [0.5, 0.6) is 11.5 Å². The molecule has 0 bridgehead atoms. The Bertz CT molecular complexity index is 1230. The van der Waals surface area contributed by atoms with Gasteiger partial charge in [-0.15, -0.1) is 0 Å². The van der Waals surface area contributed by atoms with Crippen molar-refractivity contribution < 1.29 is 14.2 Å². The number of hydrogen-bond donors (Lipinski definition) is 1. The first-order valence-corrected chi connectivity index (χ1v) is 11.5. The Balaban J connectivity index is 1.74. The predicted molar refractivity (Wildman–Crippen MR) is 116 cm³/mol. The van der Waals surface area contributed by atoms with Gasteiger partial charge in [0.1, 0.15) is 17.7 Å². The lowest BCUT2D eigenvalue weighted by molar-refractivity contribution is 0.0263. The number of aromatic nitrogens is 4. The van der Waals surface area contributed by atoms with Gasteiger partial charge in [-0.1, -0.05) is 51.9 Å². The summed E-state index contributed by atoms with van der Waals surface area (Å²) in [5, 5.41) is 16.9. The van der Waals surface area contributed by atoms with Crippen molar-refractivity contribution in [2.24, 2.45) is 0 Å². The van der Waals surface area contributed by atoms with Crippen molar-refractivity contribution in [1.82, 2.24) is 19.7 Å². The van der Waals surface area contributed by atoms with Gasteiger partial charge < -0.3 is 9.84 Å². The van der Waals surface area contributed by atoms with E-state index in [9.17, 15) is 9.50 Å². The van der Waals surface area contributed by atoms with Crippen LogP contribution in [0.25, 0.3) is 11.0 Å². The Morgan fingerprint density at radius 3 is 2.63 bits per heavy atom. The van der Waals surface area contributed by atoms with Crippen LogP contribution in [-0.4, -0.2) is 36.2 Å². The number of hydrogen-bond acceptors (Lipinski definition) is 7. The normalized spacial score (nSPS) is 23.7. The number of benzene rings is 2. The molecule has 1 fully saturated rings. The van der Waals surface area contributed by atoms with Gasteiger partial charge in [0.25, 0.3) is 0 Å². The molecule has 2 aromatic carbocycles. The largest absolute Gasteiger partial charge is 0.454 e. The zero-order valence-corrected chi connectivity index (χ0v) is 17.5. The molecule has 9 heteroatoms. The van der Waals surface area contributed by atoms with Crippen LogP contribution < -0.4 is 4.74 Å². The molecule has 5 rings (SSSR count). The van der Waals surface area contributed by atoms with Crippen molar-refractivity contribution in [3.8, 4) is 11.5 Å². The van der Waals surface area contributed by atoms with Crippen LogP contribution in [0.15, 0.2) is 67.3 Å². The van der Waals surface area contributed by atoms with E-state index in [2.05, 4.69) is 15.1 Å². The van der Waals surface area contributed by atoms with Gasteiger partial charge in [-0.05, 0) is 25.1 Å². The fraction of sp³-hybridized carbons (Fsp3) is 0.190. The number of aliphatic hydroxyl groups is 1. The Kier molecular flexibility index (Phi) is 4.68. The number of ether oxygens (including phenoxy) is 1. The minimum Gasteiger partial charge on any atom is -0.454 e. The van der Waals surface area contributed by atoms with Crippen LogP contribution >= 0.6 is 21.6 Å². The molecule has 0 radical (unpaired) electrons. The average molecular weight is 441 g/mol. The summed E-state index contributed by atoms with van der Waals surface area (Å²) in [6, 6.07) is 13.6. The Morgan fingerprint density at radius 2 is 1.87 bits per heavy atom. The number of nitrogens with zero attached hydrogens (tertiary/aromatic N) is 4. The SMILES string of the molecule is CC1(O)CSSC1(c1ccccc1Oc1ccccc1F)n1ncc2cncnc21. The molecule has 0 spiro atoms. The molecule has 152 valence electrons. The number of rotatable bonds is 4. The second-order valence-electron chi connectivity index (χ2n) is 7.15. The fourth-order valence-corrected chi connectivity index (χ4v) is 7.49. The molecule has 3 heterocycles. The smallest absolute Gasteiger partial charge is 0.177 e. The molecule has 2 aromatic heterocycles. The topological polar surface area (TPSA) is 73.1 Å². The van der Waals surface area contributed by atoms with E-state index in [1.807, 2.05) is 18.2 Å². The molecule has 30 heavy (non-hydrogen) atoms. The van der Waals surface area contributed by atoms with Crippen LogP contribution in [0.2, 0.25) is 0 Å². The summed E-state index contributed by atoms with van der Waals surface area (Å²) in [7, 11) is 3.02. The van der Waals surface area contributed by atoms with Crippen LogP contribution in [0, 0.1) is 5.82 Å². The molecule has 1 saturated heterocycles. The zero-order chi connectivity index (χ0) is 20.8. The molecule has 0 saturated carbocycles. The van der Waals surface area contributed by atoms with E-state index in [-0.39, 0.29) is 5.75 Å². The van der Waals surface area contributed by atoms with Crippen molar-refractivity contribution in [2.45, 2.75) is 17.4 Å². The van der Waals surface area contributed by atoms with Gasteiger partial charge in [-0.3, -0.25) is 0 Å². The quantitative estimate of drug-likeness (QED) is 0.465. The van der Waals surface area contributed by atoms with Gasteiger partial charge in [0.15, 0.2) is 22.1 Å². The number of halogens is 1. The van der Waals surface area contributed by atoms with Crippen molar-refractivity contribution >= 4 is 32.6 Å². The monoisotopic (exact) mass is 440 g/mol. The lowest BCUT2D eigenvalue weighted by Crippen LogP contribution is -2.51. The standard InChI is InChI=1S/C21H17FN4O2S2/c1-20(27)12-29-30-21(20,26-19-14(11-25-26)10-23-13-24-19)15-6-2-4-8-17(15)28-18-9-5-3-7-16(18)22/h2-11,13,27H,12H2,1H3. The Hall–Kier alpha value is -2.62. The maximum absolute atomic E-state index is 14.3. The summed E-state index contributed by atoms with van der Waals surface area (Å²) in [5.41, 5.74) is 0.0823. The number of fused-ring (bicyclic) bond motifs is 1. The Morgan fingerprint density at radius 1 is 1.10 bits per heavy atom. The second-order valence-corrected chi connectivity index (χ2v) is 9.64. The van der Waals surface area contributed by atoms with Crippen LogP contribution in [0.1, 0.15) is 12.5 Å². The molecule has 2 unspecified atom stereocenters. The maximum Gasteiger partial charge on any atom is 0.177 e. The first-order valence-electron chi connectivity index (χ1n) is 9.22. The molecular formula is C21H17FN4O2S2. The van der Waals surface area contributed by atoms with Crippen LogP contribution in [0.3, 0.4) is 0 Å². The van der Waals surface area contributed by atoms with E-state index in [0.29, 0.717) is 22.7 Å². The lowest BCUT2D eigenvalue weighted by atomic mass is 9.90. The highest BCUT2D eigenvalue weighted by atomic mass is 33.1. The lowest BCUT2D eigenvalue weighted by Gasteiger charge is -2.39. The molecule has 4 aromatic rings. The summed E-state index contributed by atoms with van der Waals surface area (Å²) in [6.07, 6.45) is 4.82. The first-order chi connectivity index (χ1) is 14.5. The predicted octanol–water partition coefficient (Wildman–Crippen LogP) is 4.60. The first kappa shape index (κ1) is 19.3. The van der Waals surface area contributed by atoms with Crippen molar-refractivity contribution in [3.05, 3.63) is 78.6 Å². The minimum atomic E-state index is -1.19. The van der Waals surface area contributed by atoms with Gasteiger partial charge in [-0.2, -0.15) is 5.10 Å². The van der Waals surface area contributed by atoms with Crippen molar-refractivity contribution in [2.75, 3.05) is 5.75 Å². The van der Waals surface area contributed by atoms with E-state index in [1.54, 1.807) is 59.1 Å². The molecule has 0 amide bonds. The molecule has 0 aliphatic carbocycles.